The van der Waals surface area contributed by atoms with E-state index in [9.17, 15) is 9.18 Å². The Morgan fingerprint density at radius 1 is 1.31 bits per heavy atom. The van der Waals surface area contributed by atoms with E-state index >= 15 is 0 Å². The number of carbonyl (C=O) groups is 1. The Balaban J connectivity index is 1.60. The molecule has 170 valence electrons. The Labute approximate surface area is 186 Å². The Kier molecular flexibility index (Phi) is 6.22. The minimum Gasteiger partial charge on any atom is -0.477 e. The summed E-state index contributed by atoms with van der Waals surface area (Å²) in [6.07, 6.45) is 4.76. The van der Waals surface area contributed by atoms with Gasteiger partial charge in [-0.15, -0.1) is 0 Å². The molecule has 4 rings (SSSR count). The fourth-order valence-corrected chi connectivity index (χ4v) is 3.83. The molecule has 3 aromatic rings. The van der Waals surface area contributed by atoms with Gasteiger partial charge in [0.25, 0.3) is 5.91 Å². The standard InChI is InChI=1S/C22H28FN7O2/c1-5-32-21-17(8-25-22(28-21)30-9-13(2)7-24-14(3)10-30)20(31)27-16-6-18(23)19-26-15(4)11-29(19)12-16/h6,8,11-14,24H,5,7,9-10H2,1-4H3,(H,27,31). The maximum Gasteiger partial charge on any atom is 0.262 e. The van der Waals surface area contributed by atoms with Crippen LogP contribution in [-0.2, 0) is 0 Å². The number of anilines is 2. The number of ether oxygens (including phenoxy) is 1. The van der Waals surface area contributed by atoms with Crippen molar-refractivity contribution >= 4 is 23.2 Å². The van der Waals surface area contributed by atoms with Crippen LogP contribution in [0, 0.1) is 18.7 Å². The monoisotopic (exact) mass is 441 g/mol. The van der Waals surface area contributed by atoms with Crippen molar-refractivity contribution in [1.29, 1.82) is 0 Å². The highest BCUT2D eigenvalue weighted by molar-refractivity contribution is 6.05. The van der Waals surface area contributed by atoms with Gasteiger partial charge in [0.05, 0.1) is 18.0 Å². The van der Waals surface area contributed by atoms with E-state index in [1.807, 2.05) is 6.92 Å². The van der Waals surface area contributed by atoms with Gasteiger partial charge in [0, 0.05) is 43.8 Å². The molecule has 2 unspecified atom stereocenters. The maximum absolute atomic E-state index is 14.4. The molecule has 10 heteroatoms. The summed E-state index contributed by atoms with van der Waals surface area (Å²) in [5.74, 6) is 0.153. The molecule has 0 aliphatic carbocycles. The number of carbonyl (C=O) groups excluding carboxylic acids is 1. The molecular formula is C22H28FN7O2. The average Bonchev–Trinajstić information content (AvgIpc) is 3.03. The van der Waals surface area contributed by atoms with Gasteiger partial charge in [0.15, 0.2) is 11.5 Å². The van der Waals surface area contributed by atoms with E-state index in [4.69, 9.17) is 4.74 Å². The van der Waals surface area contributed by atoms with Gasteiger partial charge in [-0.1, -0.05) is 6.92 Å². The van der Waals surface area contributed by atoms with E-state index in [0.717, 1.165) is 19.6 Å². The first-order valence-electron chi connectivity index (χ1n) is 10.8. The molecule has 1 saturated heterocycles. The van der Waals surface area contributed by atoms with Crippen molar-refractivity contribution in [3.63, 3.8) is 0 Å². The number of nitrogens with zero attached hydrogens (tertiary/aromatic N) is 5. The number of fused-ring (bicyclic) bond motifs is 1. The third kappa shape index (κ3) is 4.64. The van der Waals surface area contributed by atoms with E-state index in [-0.39, 0.29) is 17.1 Å². The molecule has 1 amide bonds. The molecule has 32 heavy (non-hydrogen) atoms. The lowest BCUT2D eigenvalue weighted by Gasteiger charge is -2.24. The van der Waals surface area contributed by atoms with Crippen LogP contribution in [0.2, 0.25) is 0 Å². The number of hydrogen-bond acceptors (Lipinski definition) is 7. The summed E-state index contributed by atoms with van der Waals surface area (Å²) < 4.78 is 21.6. The molecule has 0 saturated carbocycles. The summed E-state index contributed by atoms with van der Waals surface area (Å²) in [4.78, 5) is 28.2. The molecule has 0 radical (unpaired) electrons. The molecule has 3 aromatic heterocycles. The molecule has 9 nitrogen and oxygen atoms in total. The first-order valence-corrected chi connectivity index (χ1v) is 10.8. The number of aryl methyl sites for hydroxylation is 1. The van der Waals surface area contributed by atoms with Gasteiger partial charge in [-0.3, -0.25) is 4.79 Å². The van der Waals surface area contributed by atoms with Gasteiger partial charge in [0.1, 0.15) is 5.56 Å². The van der Waals surface area contributed by atoms with E-state index in [1.165, 1.54) is 12.3 Å². The predicted molar refractivity (Wildman–Crippen MR) is 120 cm³/mol. The van der Waals surface area contributed by atoms with Crippen molar-refractivity contribution in [2.24, 2.45) is 5.92 Å². The molecule has 0 bridgehead atoms. The zero-order valence-corrected chi connectivity index (χ0v) is 18.7. The van der Waals surface area contributed by atoms with Crippen LogP contribution in [0.3, 0.4) is 0 Å². The summed E-state index contributed by atoms with van der Waals surface area (Å²) in [5.41, 5.74) is 1.37. The number of pyridine rings is 1. The molecule has 1 fully saturated rings. The van der Waals surface area contributed by atoms with Crippen molar-refractivity contribution in [3.05, 3.63) is 41.7 Å². The van der Waals surface area contributed by atoms with Gasteiger partial charge >= 0.3 is 0 Å². The second-order valence-electron chi connectivity index (χ2n) is 8.29. The van der Waals surface area contributed by atoms with Crippen molar-refractivity contribution in [3.8, 4) is 5.88 Å². The van der Waals surface area contributed by atoms with Crippen LogP contribution in [0.15, 0.2) is 24.7 Å². The average molecular weight is 442 g/mol. The molecule has 0 spiro atoms. The van der Waals surface area contributed by atoms with Crippen molar-refractivity contribution < 1.29 is 13.9 Å². The maximum atomic E-state index is 14.4. The van der Waals surface area contributed by atoms with Crippen LogP contribution in [0.5, 0.6) is 5.88 Å². The normalized spacial score (nSPS) is 19.1. The van der Waals surface area contributed by atoms with Gasteiger partial charge < -0.3 is 24.7 Å². The Bertz CT molecular complexity index is 1120. The van der Waals surface area contributed by atoms with E-state index < -0.39 is 11.7 Å². The minimum atomic E-state index is -0.523. The smallest absolute Gasteiger partial charge is 0.262 e. The number of hydrogen-bond donors (Lipinski definition) is 2. The lowest BCUT2D eigenvalue weighted by molar-refractivity contribution is 0.102. The Hall–Kier alpha value is -3.27. The SMILES string of the molecule is CCOc1nc(N2CC(C)CNC(C)C2)ncc1C(=O)Nc1cc(F)c2nc(C)cn2c1. The number of amides is 1. The first-order chi connectivity index (χ1) is 15.3. The minimum absolute atomic E-state index is 0.187. The van der Waals surface area contributed by atoms with Crippen LogP contribution in [0.4, 0.5) is 16.0 Å². The van der Waals surface area contributed by atoms with Gasteiger partial charge in [-0.2, -0.15) is 4.98 Å². The van der Waals surface area contributed by atoms with Crippen molar-refractivity contribution in [1.82, 2.24) is 24.7 Å². The zero-order valence-electron chi connectivity index (χ0n) is 18.7. The predicted octanol–water partition coefficient (Wildman–Crippen LogP) is 2.66. The van der Waals surface area contributed by atoms with Crippen LogP contribution in [-0.4, -0.2) is 57.5 Å². The largest absolute Gasteiger partial charge is 0.477 e. The summed E-state index contributed by atoms with van der Waals surface area (Å²) in [7, 11) is 0. The highest BCUT2D eigenvalue weighted by Crippen LogP contribution is 2.23. The third-order valence-electron chi connectivity index (χ3n) is 5.28. The van der Waals surface area contributed by atoms with Crippen LogP contribution in [0.25, 0.3) is 5.65 Å². The Morgan fingerprint density at radius 3 is 2.91 bits per heavy atom. The number of aromatic nitrogens is 4. The first kappa shape index (κ1) is 21.9. The summed E-state index contributed by atoms with van der Waals surface area (Å²) in [6.45, 7) is 10.7. The molecule has 1 aliphatic rings. The van der Waals surface area contributed by atoms with Crippen molar-refractivity contribution in [2.45, 2.75) is 33.7 Å². The van der Waals surface area contributed by atoms with E-state index in [0.29, 0.717) is 35.9 Å². The zero-order chi connectivity index (χ0) is 22.8. The van der Waals surface area contributed by atoms with Crippen LogP contribution in [0.1, 0.15) is 36.8 Å². The highest BCUT2D eigenvalue weighted by atomic mass is 19.1. The molecule has 4 heterocycles. The molecular weight excluding hydrogens is 413 g/mol. The van der Waals surface area contributed by atoms with Gasteiger partial charge in [0.2, 0.25) is 11.8 Å². The number of rotatable bonds is 5. The lowest BCUT2D eigenvalue weighted by atomic mass is 10.2. The van der Waals surface area contributed by atoms with Crippen molar-refractivity contribution in [2.75, 3.05) is 36.5 Å². The molecule has 1 aliphatic heterocycles. The Morgan fingerprint density at radius 2 is 2.12 bits per heavy atom. The second-order valence-corrected chi connectivity index (χ2v) is 8.29. The fourth-order valence-electron chi connectivity index (χ4n) is 3.83. The van der Waals surface area contributed by atoms with Gasteiger partial charge in [-0.25, -0.2) is 14.4 Å². The summed E-state index contributed by atoms with van der Waals surface area (Å²) in [6, 6.07) is 1.53. The van der Waals surface area contributed by atoms with Crippen LogP contribution < -0.4 is 20.3 Å². The summed E-state index contributed by atoms with van der Waals surface area (Å²) in [5, 5.41) is 6.19. The number of nitrogens with one attached hydrogen (secondary N) is 2. The van der Waals surface area contributed by atoms with Crippen LogP contribution >= 0.6 is 0 Å². The molecule has 2 N–H and O–H groups in total. The highest BCUT2D eigenvalue weighted by Gasteiger charge is 2.24. The second kappa shape index (κ2) is 9.07. The molecule has 0 aromatic carbocycles. The molecule has 2 atom stereocenters. The number of imidazole rings is 1. The van der Waals surface area contributed by atoms with E-state index in [1.54, 1.807) is 23.7 Å². The van der Waals surface area contributed by atoms with E-state index in [2.05, 4.69) is 44.3 Å². The lowest BCUT2D eigenvalue weighted by Crippen LogP contribution is -2.36. The topological polar surface area (TPSA) is 96.7 Å². The van der Waals surface area contributed by atoms with Gasteiger partial charge in [-0.05, 0) is 33.2 Å². The fraction of sp³-hybridized carbons (Fsp3) is 0.455. The summed E-state index contributed by atoms with van der Waals surface area (Å²) >= 11 is 0. The quantitative estimate of drug-likeness (QED) is 0.628. The third-order valence-corrected chi connectivity index (χ3v) is 5.28. The number of halogens is 1.